The molecular formula is C22H21FN5O5P. The van der Waals surface area contributed by atoms with Crippen LogP contribution in [0.4, 0.5) is 16.0 Å². The van der Waals surface area contributed by atoms with Gasteiger partial charge in [0.15, 0.2) is 12.5 Å². The Bertz CT molecular complexity index is 1330. The summed E-state index contributed by atoms with van der Waals surface area (Å²) >= 11 is 0. The molecule has 0 aliphatic rings. The maximum atomic E-state index is 13.7. The number of aromatic nitrogens is 3. The zero-order chi connectivity index (χ0) is 24.1. The smallest absolute Gasteiger partial charge is 0.285 e. The lowest BCUT2D eigenvalue weighted by Crippen LogP contribution is -2.38. The van der Waals surface area contributed by atoms with Gasteiger partial charge in [0.1, 0.15) is 17.2 Å². The van der Waals surface area contributed by atoms with Crippen LogP contribution < -0.4 is 20.5 Å². The fraction of sp³-hybridized carbons (Fsp3) is 0.136. The van der Waals surface area contributed by atoms with Crippen molar-refractivity contribution >= 4 is 19.5 Å². The molecular weight excluding hydrogens is 464 g/mol. The lowest BCUT2D eigenvalue weighted by atomic mass is 10.1. The molecule has 0 saturated carbocycles. The van der Waals surface area contributed by atoms with Crippen LogP contribution in [0.25, 0.3) is 11.3 Å². The SMILES string of the molecule is Nc1c(-c2cc(Cc3ccc(NCc4ccccc4F)nc3)no2)ccc[n+]1COP(=O)([O-])O. The lowest BCUT2D eigenvalue weighted by molar-refractivity contribution is -0.712. The summed E-state index contributed by atoms with van der Waals surface area (Å²) in [5.41, 5.74) is 8.63. The number of nitrogen functional groups attached to an aromatic ring is 1. The van der Waals surface area contributed by atoms with E-state index in [1.165, 1.54) is 16.8 Å². The Morgan fingerprint density at radius 1 is 1.24 bits per heavy atom. The number of hydrogen-bond donors (Lipinski definition) is 3. The average Bonchev–Trinajstić information content (AvgIpc) is 3.26. The number of halogens is 1. The van der Waals surface area contributed by atoms with Gasteiger partial charge < -0.3 is 19.6 Å². The summed E-state index contributed by atoms with van der Waals surface area (Å²) in [4.78, 5) is 24.0. The van der Waals surface area contributed by atoms with Crippen LogP contribution in [0, 0.1) is 5.82 Å². The molecule has 0 saturated heterocycles. The van der Waals surface area contributed by atoms with Gasteiger partial charge >= 0.3 is 0 Å². The summed E-state index contributed by atoms with van der Waals surface area (Å²) in [6.45, 7) is -0.166. The van der Waals surface area contributed by atoms with Crippen molar-refractivity contribution in [1.82, 2.24) is 10.1 Å². The van der Waals surface area contributed by atoms with E-state index < -0.39 is 14.6 Å². The number of anilines is 2. The molecule has 3 aromatic heterocycles. The number of nitrogens with two attached hydrogens (primary N) is 1. The van der Waals surface area contributed by atoms with E-state index in [0.29, 0.717) is 41.4 Å². The second-order valence-corrected chi connectivity index (χ2v) is 8.55. The molecule has 0 aliphatic heterocycles. The van der Waals surface area contributed by atoms with E-state index in [-0.39, 0.29) is 11.6 Å². The summed E-state index contributed by atoms with van der Waals surface area (Å²) in [7, 11) is -4.89. The summed E-state index contributed by atoms with van der Waals surface area (Å²) in [5, 5.41) is 7.15. The predicted octanol–water partition coefficient (Wildman–Crippen LogP) is 2.38. The molecule has 0 radical (unpaired) electrons. The van der Waals surface area contributed by atoms with Gasteiger partial charge in [0, 0.05) is 30.8 Å². The predicted molar refractivity (Wildman–Crippen MR) is 118 cm³/mol. The first-order valence-electron chi connectivity index (χ1n) is 10.1. The molecule has 0 spiro atoms. The van der Waals surface area contributed by atoms with Crippen molar-refractivity contribution in [1.29, 1.82) is 0 Å². The van der Waals surface area contributed by atoms with Crippen molar-refractivity contribution in [3.05, 3.63) is 89.6 Å². The molecule has 34 heavy (non-hydrogen) atoms. The number of rotatable bonds is 9. The minimum Gasteiger partial charge on any atom is -0.756 e. The first-order valence-corrected chi connectivity index (χ1v) is 11.6. The summed E-state index contributed by atoms with van der Waals surface area (Å²) in [6, 6.07) is 15.2. The fourth-order valence-electron chi connectivity index (χ4n) is 3.21. The van der Waals surface area contributed by atoms with Crippen molar-refractivity contribution < 1.29 is 32.4 Å². The van der Waals surface area contributed by atoms with E-state index in [0.717, 1.165) is 5.56 Å². The highest BCUT2D eigenvalue weighted by molar-refractivity contribution is 7.44. The molecule has 1 unspecified atom stereocenters. The van der Waals surface area contributed by atoms with Crippen LogP contribution in [0.2, 0.25) is 0 Å². The first-order chi connectivity index (χ1) is 16.3. The molecule has 10 nitrogen and oxygen atoms in total. The van der Waals surface area contributed by atoms with Crippen LogP contribution >= 0.6 is 7.82 Å². The monoisotopic (exact) mass is 485 g/mol. The molecule has 0 aliphatic carbocycles. The Hall–Kier alpha value is -3.63. The quantitative estimate of drug-likeness (QED) is 0.240. The van der Waals surface area contributed by atoms with E-state index in [1.807, 2.05) is 6.07 Å². The van der Waals surface area contributed by atoms with Gasteiger partial charge in [0.2, 0.25) is 0 Å². The highest BCUT2D eigenvalue weighted by atomic mass is 31.2. The molecule has 4 aromatic rings. The Kier molecular flexibility index (Phi) is 6.99. The summed E-state index contributed by atoms with van der Waals surface area (Å²) < 4.78 is 35.7. The van der Waals surface area contributed by atoms with Gasteiger partial charge in [-0.05, 0) is 29.8 Å². The number of pyridine rings is 2. The Balaban J connectivity index is 1.40. The van der Waals surface area contributed by atoms with Crippen molar-refractivity contribution in [3.63, 3.8) is 0 Å². The van der Waals surface area contributed by atoms with Gasteiger partial charge in [-0.25, -0.2) is 13.9 Å². The number of hydrogen-bond acceptors (Lipinski definition) is 8. The molecule has 12 heteroatoms. The zero-order valence-electron chi connectivity index (χ0n) is 17.8. The number of nitrogens with one attached hydrogen (secondary N) is 1. The molecule has 0 amide bonds. The largest absolute Gasteiger partial charge is 0.756 e. The van der Waals surface area contributed by atoms with Crippen LogP contribution in [-0.4, -0.2) is 15.0 Å². The van der Waals surface area contributed by atoms with Crippen LogP contribution in [-0.2, 0) is 28.8 Å². The van der Waals surface area contributed by atoms with Crippen molar-refractivity contribution in [2.45, 2.75) is 19.7 Å². The molecule has 4 N–H and O–H groups in total. The molecule has 176 valence electrons. The maximum Gasteiger partial charge on any atom is 0.285 e. The summed E-state index contributed by atoms with van der Waals surface area (Å²) in [6.07, 6.45) is 3.64. The van der Waals surface area contributed by atoms with E-state index in [4.69, 9.17) is 15.2 Å². The van der Waals surface area contributed by atoms with Crippen molar-refractivity contribution in [2.24, 2.45) is 0 Å². The van der Waals surface area contributed by atoms with E-state index in [9.17, 15) is 13.8 Å². The van der Waals surface area contributed by atoms with Gasteiger partial charge in [-0.3, -0.25) is 14.8 Å². The normalized spacial score (nSPS) is 12.9. The zero-order valence-corrected chi connectivity index (χ0v) is 18.7. The highest BCUT2D eigenvalue weighted by Gasteiger charge is 2.18. The molecule has 4 rings (SSSR count). The van der Waals surface area contributed by atoms with E-state index >= 15 is 0 Å². The molecule has 0 fully saturated rings. The van der Waals surface area contributed by atoms with Crippen LogP contribution in [0.15, 0.2) is 71.5 Å². The lowest BCUT2D eigenvalue weighted by Gasteiger charge is -2.14. The third-order valence-electron chi connectivity index (χ3n) is 4.93. The van der Waals surface area contributed by atoms with E-state index in [2.05, 4.69) is 20.0 Å². The average molecular weight is 485 g/mol. The third-order valence-corrected chi connectivity index (χ3v) is 5.37. The highest BCUT2D eigenvalue weighted by Crippen LogP contribution is 2.30. The van der Waals surface area contributed by atoms with Crippen LogP contribution in [0.5, 0.6) is 0 Å². The number of phosphoric ester groups is 1. The van der Waals surface area contributed by atoms with Crippen LogP contribution in [0.3, 0.4) is 0 Å². The Morgan fingerprint density at radius 3 is 2.79 bits per heavy atom. The number of benzene rings is 1. The van der Waals surface area contributed by atoms with Gasteiger partial charge in [0.05, 0.1) is 11.9 Å². The second kappa shape index (κ2) is 10.1. The van der Waals surface area contributed by atoms with Crippen molar-refractivity contribution in [2.75, 3.05) is 11.1 Å². The maximum absolute atomic E-state index is 13.7. The number of phosphoric acid groups is 1. The Morgan fingerprint density at radius 2 is 2.06 bits per heavy atom. The minimum atomic E-state index is -4.89. The molecule has 1 aromatic carbocycles. The van der Waals surface area contributed by atoms with Crippen LogP contribution in [0.1, 0.15) is 16.8 Å². The summed E-state index contributed by atoms with van der Waals surface area (Å²) in [5.74, 6) is 0.893. The fourth-order valence-corrected chi connectivity index (χ4v) is 3.48. The first kappa shape index (κ1) is 23.5. The van der Waals surface area contributed by atoms with Gasteiger partial charge in [-0.2, -0.15) is 0 Å². The van der Waals surface area contributed by atoms with E-state index in [1.54, 1.807) is 48.7 Å². The minimum absolute atomic E-state index is 0.172. The number of nitrogens with zero attached hydrogens (tertiary/aromatic N) is 3. The molecule has 1 atom stereocenters. The molecule has 0 bridgehead atoms. The van der Waals surface area contributed by atoms with Gasteiger partial charge in [-0.15, -0.1) is 0 Å². The second-order valence-electron chi connectivity index (χ2n) is 7.36. The van der Waals surface area contributed by atoms with Gasteiger partial charge in [0.25, 0.3) is 13.6 Å². The Labute approximate surface area is 194 Å². The molecule has 3 heterocycles. The standard InChI is InChI=1S/C22H21FN5O5P/c23-19-6-2-1-4-16(19)13-26-21-8-7-15(12-25-21)10-17-11-20(33-27-17)18-5-3-9-28(22(18)24)14-32-34(29,30)31/h1-9,11-12,24H,10,13-14H2,(H3,25,26,29,30,31). The van der Waals surface area contributed by atoms with Gasteiger partial charge in [-0.1, -0.05) is 29.4 Å². The third kappa shape index (κ3) is 6.03. The van der Waals surface area contributed by atoms with Crippen molar-refractivity contribution in [3.8, 4) is 11.3 Å². The topological polar surface area (TPSA) is 150 Å².